The Morgan fingerprint density at radius 1 is 1.30 bits per heavy atom. The molecule has 2 atom stereocenters. The van der Waals surface area contributed by atoms with Gasteiger partial charge in [0, 0.05) is 50.0 Å². The van der Waals surface area contributed by atoms with E-state index in [0.29, 0.717) is 18.6 Å². The number of nitrogens with zero attached hydrogens (tertiary/aromatic N) is 2. The van der Waals surface area contributed by atoms with Crippen molar-refractivity contribution in [3.8, 4) is 0 Å². The number of urea groups is 1. The summed E-state index contributed by atoms with van der Waals surface area (Å²) in [5.41, 5.74) is 1.06. The molecule has 5 nitrogen and oxygen atoms in total. The van der Waals surface area contributed by atoms with Gasteiger partial charge in [-0.05, 0) is 25.0 Å². The Morgan fingerprint density at radius 3 is 2.83 bits per heavy atom. The number of hydrogen-bond donors (Lipinski definition) is 1. The van der Waals surface area contributed by atoms with E-state index in [4.69, 9.17) is 4.74 Å². The predicted molar refractivity (Wildman–Crippen MR) is 89.3 cm³/mol. The zero-order valence-electron chi connectivity index (χ0n) is 13.9. The molecule has 5 heteroatoms. The van der Waals surface area contributed by atoms with Crippen molar-refractivity contribution in [3.05, 3.63) is 30.1 Å². The summed E-state index contributed by atoms with van der Waals surface area (Å²) in [4.78, 5) is 19.0. The molecule has 126 valence electrons. The lowest BCUT2D eigenvalue weighted by molar-refractivity contribution is 0.147. The molecule has 1 saturated heterocycles. The van der Waals surface area contributed by atoms with E-state index in [1.165, 1.54) is 19.3 Å². The second-order valence-electron chi connectivity index (χ2n) is 6.77. The van der Waals surface area contributed by atoms with E-state index < -0.39 is 0 Å². The first-order valence-corrected chi connectivity index (χ1v) is 8.73. The fourth-order valence-electron chi connectivity index (χ4n) is 3.86. The minimum absolute atomic E-state index is 0.0800. The van der Waals surface area contributed by atoms with Gasteiger partial charge < -0.3 is 15.0 Å². The standard InChI is InChI=1S/C18H27N3O2/c1-23-13-14-11-21(12-16(14)17-9-5-6-10-19-17)18(22)20-15-7-3-2-4-8-15/h5-6,9-10,14-16H,2-4,7-8,11-13H2,1H3,(H,20,22)/t14-,16+/m0/s1. The molecule has 2 fully saturated rings. The number of amides is 2. The molecule has 2 heterocycles. The number of pyridine rings is 1. The molecule has 0 unspecified atom stereocenters. The van der Waals surface area contributed by atoms with Crippen LogP contribution in [-0.2, 0) is 4.74 Å². The van der Waals surface area contributed by atoms with E-state index >= 15 is 0 Å². The van der Waals surface area contributed by atoms with Gasteiger partial charge in [0.25, 0.3) is 0 Å². The molecule has 23 heavy (non-hydrogen) atoms. The van der Waals surface area contributed by atoms with Gasteiger partial charge in [-0.25, -0.2) is 4.79 Å². The maximum atomic E-state index is 12.6. The molecule has 3 rings (SSSR count). The lowest BCUT2D eigenvalue weighted by Gasteiger charge is -2.26. The summed E-state index contributed by atoms with van der Waals surface area (Å²) in [5.74, 6) is 0.570. The van der Waals surface area contributed by atoms with Crippen LogP contribution in [0.15, 0.2) is 24.4 Å². The van der Waals surface area contributed by atoms with E-state index in [0.717, 1.165) is 31.6 Å². The van der Waals surface area contributed by atoms with Crippen molar-refractivity contribution >= 4 is 6.03 Å². The SMILES string of the molecule is COC[C@@H]1CN(C(=O)NC2CCCCC2)C[C@H]1c1ccccn1. The summed E-state index contributed by atoms with van der Waals surface area (Å²) in [6, 6.07) is 6.42. The molecule has 0 aromatic carbocycles. The third-order valence-electron chi connectivity index (χ3n) is 5.11. The summed E-state index contributed by atoms with van der Waals surface area (Å²) in [7, 11) is 1.72. The topological polar surface area (TPSA) is 54.5 Å². The van der Waals surface area contributed by atoms with Crippen molar-refractivity contribution in [1.82, 2.24) is 15.2 Å². The zero-order valence-corrected chi connectivity index (χ0v) is 13.9. The molecule has 0 bridgehead atoms. The summed E-state index contributed by atoms with van der Waals surface area (Å²) in [6.07, 6.45) is 7.81. The maximum absolute atomic E-state index is 12.6. The predicted octanol–water partition coefficient (Wildman–Crippen LogP) is 2.79. The lowest BCUT2D eigenvalue weighted by Crippen LogP contribution is -2.44. The number of likely N-dealkylation sites (tertiary alicyclic amines) is 1. The zero-order chi connectivity index (χ0) is 16.1. The third kappa shape index (κ3) is 4.02. The molecule has 2 aliphatic rings. The third-order valence-corrected chi connectivity index (χ3v) is 5.11. The van der Waals surface area contributed by atoms with Crippen LogP contribution in [0.25, 0.3) is 0 Å². The molecular formula is C18H27N3O2. The number of hydrogen-bond acceptors (Lipinski definition) is 3. The highest BCUT2D eigenvalue weighted by atomic mass is 16.5. The van der Waals surface area contributed by atoms with Gasteiger partial charge in [0.15, 0.2) is 0 Å². The van der Waals surface area contributed by atoms with Gasteiger partial charge in [0.05, 0.1) is 6.61 Å². The van der Waals surface area contributed by atoms with Gasteiger partial charge in [0.2, 0.25) is 0 Å². The van der Waals surface area contributed by atoms with E-state index in [2.05, 4.69) is 16.4 Å². The number of aromatic nitrogens is 1. The number of rotatable bonds is 4. The van der Waals surface area contributed by atoms with E-state index in [-0.39, 0.29) is 11.9 Å². The fourth-order valence-corrected chi connectivity index (χ4v) is 3.86. The Bertz CT molecular complexity index is 502. The van der Waals surface area contributed by atoms with Crippen molar-refractivity contribution in [2.75, 3.05) is 26.8 Å². The first-order chi connectivity index (χ1) is 11.3. The van der Waals surface area contributed by atoms with Crippen LogP contribution in [0.2, 0.25) is 0 Å². The molecule has 0 spiro atoms. The van der Waals surface area contributed by atoms with Gasteiger partial charge >= 0.3 is 6.03 Å². The molecule has 1 aliphatic heterocycles. The minimum atomic E-state index is 0.0800. The van der Waals surface area contributed by atoms with E-state index in [1.807, 2.05) is 23.2 Å². The fraction of sp³-hybridized carbons (Fsp3) is 0.667. The summed E-state index contributed by atoms with van der Waals surface area (Å²) >= 11 is 0. The van der Waals surface area contributed by atoms with Crippen LogP contribution in [0.1, 0.15) is 43.7 Å². The van der Waals surface area contributed by atoms with Crippen molar-refractivity contribution in [2.24, 2.45) is 5.92 Å². The lowest BCUT2D eigenvalue weighted by atomic mass is 9.93. The Balaban J connectivity index is 1.63. The first kappa shape index (κ1) is 16.2. The highest BCUT2D eigenvalue weighted by Crippen LogP contribution is 2.32. The highest BCUT2D eigenvalue weighted by Gasteiger charge is 2.37. The molecule has 1 saturated carbocycles. The molecule has 1 aromatic rings. The van der Waals surface area contributed by atoms with Crippen LogP contribution >= 0.6 is 0 Å². The van der Waals surface area contributed by atoms with Crippen LogP contribution in [0.4, 0.5) is 4.79 Å². The van der Waals surface area contributed by atoms with Crippen LogP contribution in [-0.4, -0.2) is 48.8 Å². The minimum Gasteiger partial charge on any atom is -0.384 e. The van der Waals surface area contributed by atoms with E-state index in [1.54, 1.807) is 7.11 Å². The van der Waals surface area contributed by atoms with Crippen molar-refractivity contribution < 1.29 is 9.53 Å². The Morgan fingerprint density at radius 2 is 2.13 bits per heavy atom. The van der Waals surface area contributed by atoms with Crippen LogP contribution in [0.3, 0.4) is 0 Å². The number of methoxy groups -OCH3 is 1. The molecule has 1 aliphatic carbocycles. The Kier molecular flexibility index (Phi) is 5.49. The quantitative estimate of drug-likeness (QED) is 0.929. The normalized spacial score (nSPS) is 25.5. The number of ether oxygens (including phenoxy) is 1. The Labute approximate surface area is 138 Å². The summed E-state index contributed by atoms with van der Waals surface area (Å²) < 4.78 is 5.37. The smallest absolute Gasteiger partial charge is 0.317 e. The van der Waals surface area contributed by atoms with Gasteiger partial charge in [-0.15, -0.1) is 0 Å². The van der Waals surface area contributed by atoms with Gasteiger partial charge in [-0.3, -0.25) is 4.98 Å². The highest BCUT2D eigenvalue weighted by molar-refractivity contribution is 5.75. The van der Waals surface area contributed by atoms with Gasteiger partial charge in [-0.1, -0.05) is 25.3 Å². The van der Waals surface area contributed by atoms with Crippen molar-refractivity contribution in [3.63, 3.8) is 0 Å². The van der Waals surface area contributed by atoms with Crippen molar-refractivity contribution in [2.45, 2.75) is 44.1 Å². The molecule has 1 N–H and O–H groups in total. The Hall–Kier alpha value is -1.62. The summed E-state index contributed by atoms with van der Waals surface area (Å²) in [6.45, 7) is 2.13. The molecular weight excluding hydrogens is 290 g/mol. The maximum Gasteiger partial charge on any atom is 0.317 e. The van der Waals surface area contributed by atoms with Gasteiger partial charge in [-0.2, -0.15) is 0 Å². The molecule has 0 radical (unpaired) electrons. The molecule has 2 amide bonds. The second-order valence-corrected chi connectivity index (χ2v) is 6.77. The second kappa shape index (κ2) is 7.77. The van der Waals surface area contributed by atoms with Gasteiger partial charge in [0.1, 0.15) is 0 Å². The summed E-state index contributed by atoms with van der Waals surface area (Å²) in [5, 5.41) is 3.22. The monoisotopic (exact) mass is 317 g/mol. The van der Waals surface area contributed by atoms with Crippen molar-refractivity contribution in [1.29, 1.82) is 0 Å². The van der Waals surface area contributed by atoms with E-state index in [9.17, 15) is 4.79 Å². The average molecular weight is 317 g/mol. The number of carbonyl (C=O) groups excluding carboxylic acids is 1. The largest absolute Gasteiger partial charge is 0.384 e. The van der Waals surface area contributed by atoms with Crippen LogP contribution in [0.5, 0.6) is 0 Å². The number of carbonyl (C=O) groups is 1. The average Bonchev–Trinajstić information content (AvgIpc) is 3.01. The number of nitrogens with one attached hydrogen (secondary N) is 1. The first-order valence-electron chi connectivity index (χ1n) is 8.73. The van der Waals surface area contributed by atoms with Crippen LogP contribution in [0, 0.1) is 5.92 Å². The molecule has 1 aromatic heterocycles. The van der Waals surface area contributed by atoms with Crippen LogP contribution < -0.4 is 5.32 Å².